The van der Waals surface area contributed by atoms with Gasteiger partial charge in [0.1, 0.15) is 28.3 Å². The van der Waals surface area contributed by atoms with E-state index in [-0.39, 0.29) is 18.7 Å². The molecular formula is C18H18F3NO4S. The van der Waals surface area contributed by atoms with Crippen LogP contribution in [0.2, 0.25) is 0 Å². The summed E-state index contributed by atoms with van der Waals surface area (Å²) in [7, 11) is -4.41. The number of ether oxygens (including phenoxy) is 2. The normalized spacial score (nSPS) is 16.1. The largest absolute Gasteiger partial charge is 0.494 e. The smallest absolute Gasteiger partial charge is 0.243 e. The Hall–Kier alpha value is -2.26. The van der Waals surface area contributed by atoms with E-state index in [4.69, 9.17) is 9.47 Å². The van der Waals surface area contributed by atoms with Gasteiger partial charge in [-0.25, -0.2) is 26.3 Å². The molecule has 0 aromatic heterocycles. The summed E-state index contributed by atoms with van der Waals surface area (Å²) in [5.41, 5.74) is 1.43. The predicted octanol–water partition coefficient (Wildman–Crippen LogP) is 3.30. The van der Waals surface area contributed by atoms with Crippen molar-refractivity contribution in [3.05, 3.63) is 52.8 Å². The van der Waals surface area contributed by atoms with E-state index in [1.54, 1.807) is 19.1 Å². The van der Waals surface area contributed by atoms with Gasteiger partial charge in [0.15, 0.2) is 11.6 Å². The van der Waals surface area contributed by atoms with Crippen molar-refractivity contribution >= 4 is 10.0 Å². The van der Waals surface area contributed by atoms with Crippen molar-refractivity contribution in [1.82, 2.24) is 4.72 Å². The summed E-state index contributed by atoms with van der Waals surface area (Å²) in [6.45, 7) is 3.83. The minimum absolute atomic E-state index is 0.00213. The number of nitrogens with one attached hydrogen (secondary N) is 1. The molecular weight excluding hydrogens is 383 g/mol. The summed E-state index contributed by atoms with van der Waals surface area (Å²) < 4.78 is 78.2. The molecule has 0 radical (unpaired) electrons. The Morgan fingerprint density at radius 2 is 1.85 bits per heavy atom. The van der Waals surface area contributed by atoms with Gasteiger partial charge in [0.25, 0.3) is 0 Å². The molecule has 1 aliphatic heterocycles. The Bertz CT molecular complexity index is 979. The molecule has 0 saturated heterocycles. The van der Waals surface area contributed by atoms with Gasteiger partial charge in [0.2, 0.25) is 10.0 Å². The van der Waals surface area contributed by atoms with Crippen molar-refractivity contribution < 1.29 is 31.1 Å². The van der Waals surface area contributed by atoms with Gasteiger partial charge in [-0.1, -0.05) is 0 Å². The highest BCUT2D eigenvalue weighted by atomic mass is 32.2. The number of hydrogen-bond acceptors (Lipinski definition) is 4. The second kappa shape index (κ2) is 7.40. The lowest BCUT2D eigenvalue weighted by atomic mass is 10.1. The molecule has 2 aromatic carbocycles. The van der Waals surface area contributed by atoms with E-state index in [0.29, 0.717) is 36.2 Å². The number of fused-ring (bicyclic) bond motifs is 1. The summed E-state index contributed by atoms with van der Waals surface area (Å²) in [5, 5.41) is 0. The number of hydrogen-bond donors (Lipinski definition) is 1. The first kappa shape index (κ1) is 19.5. The summed E-state index contributed by atoms with van der Waals surface area (Å²) in [5.74, 6) is -3.19. The topological polar surface area (TPSA) is 64.6 Å². The van der Waals surface area contributed by atoms with Gasteiger partial charge in [-0.05, 0) is 32.0 Å². The minimum atomic E-state index is -4.41. The van der Waals surface area contributed by atoms with E-state index < -0.39 is 32.4 Å². The van der Waals surface area contributed by atoms with Crippen LogP contribution >= 0.6 is 0 Å². The van der Waals surface area contributed by atoms with Crippen molar-refractivity contribution in [2.75, 3.05) is 6.61 Å². The molecule has 0 spiro atoms. The van der Waals surface area contributed by atoms with Crippen molar-refractivity contribution in [2.45, 2.75) is 37.8 Å². The average Bonchev–Trinajstić information content (AvgIpc) is 2.95. The fourth-order valence-electron chi connectivity index (χ4n) is 2.87. The molecule has 1 atom stereocenters. The number of halogens is 3. The monoisotopic (exact) mass is 401 g/mol. The summed E-state index contributed by atoms with van der Waals surface area (Å²) in [6.07, 6.45) is 0.708. The lowest BCUT2D eigenvalue weighted by Crippen LogP contribution is -2.25. The Morgan fingerprint density at radius 3 is 2.56 bits per heavy atom. The SMILES string of the molecule is CCOc1cc2c(cc1CNS(=O)(=O)c1cc(F)c(F)cc1F)O[C@@H](C)C2. The second-order valence-corrected chi connectivity index (χ2v) is 7.89. The molecule has 27 heavy (non-hydrogen) atoms. The first-order valence-electron chi connectivity index (χ1n) is 8.30. The average molecular weight is 401 g/mol. The molecule has 1 heterocycles. The van der Waals surface area contributed by atoms with Crippen LogP contribution in [-0.4, -0.2) is 21.1 Å². The maximum Gasteiger partial charge on any atom is 0.243 e. The zero-order valence-corrected chi connectivity index (χ0v) is 15.5. The van der Waals surface area contributed by atoms with Gasteiger partial charge in [-0.15, -0.1) is 0 Å². The van der Waals surface area contributed by atoms with Crippen LogP contribution in [0.3, 0.4) is 0 Å². The van der Waals surface area contributed by atoms with E-state index in [2.05, 4.69) is 4.72 Å². The summed E-state index contributed by atoms with van der Waals surface area (Å²) in [4.78, 5) is -0.967. The Balaban J connectivity index is 1.88. The number of sulfonamides is 1. The standard InChI is InChI=1S/C18H18F3NO4S/c1-3-25-16-5-11-4-10(2)26-17(11)6-12(16)9-22-27(23,24)18-8-14(20)13(19)7-15(18)21/h5-8,10,22H,3-4,9H2,1-2H3/t10-/m0/s1. The van der Waals surface area contributed by atoms with Gasteiger partial charge < -0.3 is 9.47 Å². The molecule has 0 saturated carbocycles. The third-order valence-electron chi connectivity index (χ3n) is 4.10. The van der Waals surface area contributed by atoms with Crippen LogP contribution in [-0.2, 0) is 23.0 Å². The minimum Gasteiger partial charge on any atom is -0.494 e. The molecule has 3 rings (SSSR count). The molecule has 0 unspecified atom stereocenters. The third-order valence-corrected chi connectivity index (χ3v) is 5.51. The molecule has 0 aliphatic carbocycles. The van der Waals surface area contributed by atoms with Gasteiger partial charge in [-0.2, -0.15) is 0 Å². The molecule has 2 aromatic rings. The Labute approximate surface area is 155 Å². The van der Waals surface area contributed by atoms with E-state index in [0.717, 1.165) is 5.56 Å². The van der Waals surface area contributed by atoms with Crippen molar-refractivity contribution in [3.8, 4) is 11.5 Å². The first-order valence-corrected chi connectivity index (χ1v) is 9.79. The maximum atomic E-state index is 13.8. The van der Waals surface area contributed by atoms with Gasteiger partial charge in [0, 0.05) is 30.2 Å². The van der Waals surface area contributed by atoms with Crippen LogP contribution in [0.4, 0.5) is 13.2 Å². The highest BCUT2D eigenvalue weighted by Crippen LogP contribution is 2.35. The van der Waals surface area contributed by atoms with Gasteiger partial charge >= 0.3 is 0 Å². The van der Waals surface area contributed by atoms with E-state index in [9.17, 15) is 21.6 Å². The van der Waals surface area contributed by atoms with Crippen molar-refractivity contribution in [3.63, 3.8) is 0 Å². The number of benzene rings is 2. The second-order valence-electron chi connectivity index (χ2n) is 6.15. The van der Waals surface area contributed by atoms with Crippen LogP contribution in [0.1, 0.15) is 25.0 Å². The molecule has 146 valence electrons. The molecule has 5 nitrogen and oxygen atoms in total. The van der Waals surface area contributed by atoms with E-state index in [1.807, 2.05) is 6.92 Å². The molecule has 1 aliphatic rings. The van der Waals surface area contributed by atoms with Crippen molar-refractivity contribution in [1.29, 1.82) is 0 Å². The van der Waals surface area contributed by atoms with E-state index >= 15 is 0 Å². The highest BCUT2D eigenvalue weighted by Gasteiger charge is 2.25. The third kappa shape index (κ3) is 4.03. The van der Waals surface area contributed by atoms with Crippen LogP contribution in [0, 0.1) is 17.5 Å². The maximum absolute atomic E-state index is 13.8. The summed E-state index contributed by atoms with van der Waals surface area (Å²) in [6, 6.07) is 3.95. The van der Waals surface area contributed by atoms with Gasteiger partial charge in [-0.3, -0.25) is 0 Å². The quantitative estimate of drug-likeness (QED) is 0.755. The zero-order valence-electron chi connectivity index (χ0n) is 14.7. The van der Waals surface area contributed by atoms with Crippen LogP contribution in [0.25, 0.3) is 0 Å². The molecule has 0 fully saturated rings. The predicted molar refractivity (Wildman–Crippen MR) is 91.7 cm³/mol. The van der Waals surface area contributed by atoms with Gasteiger partial charge in [0.05, 0.1) is 6.61 Å². The molecule has 9 heteroatoms. The van der Waals surface area contributed by atoms with E-state index in [1.165, 1.54) is 0 Å². The first-order chi connectivity index (χ1) is 12.7. The van der Waals surface area contributed by atoms with Crippen LogP contribution in [0.5, 0.6) is 11.5 Å². The fourth-order valence-corrected chi connectivity index (χ4v) is 3.95. The Kier molecular flexibility index (Phi) is 5.34. The molecule has 0 amide bonds. The highest BCUT2D eigenvalue weighted by molar-refractivity contribution is 7.89. The fraction of sp³-hybridized carbons (Fsp3) is 0.333. The van der Waals surface area contributed by atoms with Crippen LogP contribution < -0.4 is 14.2 Å². The molecule has 1 N–H and O–H groups in total. The number of rotatable bonds is 6. The van der Waals surface area contributed by atoms with Crippen LogP contribution in [0.15, 0.2) is 29.2 Å². The summed E-state index contributed by atoms with van der Waals surface area (Å²) >= 11 is 0. The lowest BCUT2D eigenvalue weighted by molar-refractivity contribution is 0.254. The lowest BCUT2D eigenvalue weighted by Gasteiger charge is -2.14. The molecule has 0 bridgehead atoms. The Morgan fingerprint density at radius 1 is 1.15 bits per heavy atom. The van der Waals surface area contributed by atoms with Crippen molar-refractivity contribution in [2.24, 2.45) is 0 Å². The zero-order chi connectivity index (χ0) is 19.8.